The molecule has 2 fully saturated rings. The summed E-state index contributed by atoms with van der Waals surface area (Å²) in [6.07, 6.45) is 5.85. The first kappa shape index (κ1) is 20.5. The Hall–Kier alpha value is -3.41. The second-order valence-electron chi connectivity index (χ2n) is 8.57. The summed E-state index contributed by atoms with van der Waals surface area (Å²) >= 11 is 0. The van der Waals surface area contributed by atoms with Crippen molar-refractivity contribution in [2.45, 2.75) is 19.8 Å². The van der Waals surface area contributed by atoms with Crippen molar-refractivity contribution < 1.29 is 4.79 Å². The number of hydrogen-bond donors (Lipinski definition) is 0. The molecule has 0 saturated carbocycles. The molecule has 2 aliphatic heterocycles. The molecule has 0 spiro atoms. The van der Waals surface area contributed by atoms with Gasteiger partial charge in [0.1, 0.15) is 5.69 Å². The van der Waals surface area contributed by atoms with Crippen LogP contribution in [0.15, 0.2) is 60.9 Å². The molecule has 2 aliphatic rings. The number of nitrogens with zero attached hydrogens (tertiary/aromatic N) is 5. The van der Waals surface area contributed by atoms with E-state index in [0.29, 0.717) is 5.56 Å². The number of carbonyl (C=O) groups excluding carboxylic acids is 1. The van der Waals surface area contributed by atoms with E-state index in [1.165, 1.54) is 24.1 Å². The summed E-state index contributed by atoms with van der Waals surface area (Å²) < 4.78 is 0. The first-order valence-corrected chi connectivity index (χ1v) is 11.5. The number of aryl methyl sites for hydroxylation is 1. The Morgan fingerprint density at radius 3 is 2.34 bits per heavy atom. The minimum absolute atomic E-state index is 0.0860. The Morgan fingerprint density at radius 2 is 1.56 bits per heavy atom. The predicted molar refractivity (Wildman–Crippen MR) is 128 cm³/mol. The molecule has 3 aromatic rings. The summed E-state index contributed by atoms with van der Waals surface area (Å²) in [4.78, 5) is 29.2. The van der Waals surface area contributed by atoms with Crippen LogP contribution in [0, 0.1) is 6.92 Å². The molecule has 0 aliphatic carbocycles. The third kappa shape index (κ3) is 4.05. The van der Waals surface area contributed by atoms with Crippen LogP contribution >= 0.6 is 0 Å². The second-order valence-corrected chi connectivity index (χ2v) is 8.57. The lowest BCUT2D eigenvalue weighted by molar-refractivity contribution is 0.0747. The Morgan fingerprint density at radius 1 is 0.812 bits per heavy atom. The van der Waals surface area contributed by atoms with Gasteiger partial charge in [-0.05, 0) is 43.5 Å². The largest absolute Gasteiger partial charge is 0.368 e. The SMILES string of the molecule is Cc1ccccc1N1CCN(C(=O)c2cccc(-c3nccnc3N3CCCC3)c2)CC1. The third-order valence-corrected chi connectivity index (χ3v) is 6.49. The number of amides is 1. The quantitative estimate of drug-likeness (QED) is 0.630. The summed E-state index contributed by atoms with van der Waals surface area (Å²) in [7, 11) is 0. The molecule has 1 amide bonds. The van der Waals surface area contributed by atoms with Crippen LogP contribution in [0.1, 0.15) is 28.8 Å². The van der Waals surface area contributed by atoms with Gasteiger partial charge in [0.15, 0.2) is 5.82 Å². The Kier molecular flexibility index (Phi) is 5.75. The van der Waals surface area contributed by atoms with E-state index in [9.17, 15) is 4.79 Å². The zero-order valence-electron chi connectivity index (χ0n) is 18.6. The number of hydrogen-bond acceptors (Lipinski definition) is 5. The van der Waals surface area contributed by atoms with Gasteiger partial charge in [-0.15, -0.1) is 0 Å². The van der Waals surface area contributed by atoms with Crippen LogP contribution < -0.4 is 9.80 Å². The Labute approximate surface area is 189 Å². The van der Waals surface area contributed by atoms with Gasteiger partial charge in [0.05, 0.1) is 0 Å². The number of piperazine rings is 1. The number of para-hydroxylation sites is 1. The lowest BCUT2D eigenvalue weighted by atomic mass is 10.1. The number of aromatic nitrogens is 2. The first-order chi connectivity index (χ1) is 15.7. The molecule has 3 heterocycles. The molecular formula is C26H29N5O. The fourth-order valence-electron chi connectivity index (χ4n) is 4.75. The van der Waals surface area contributed by atoms with Gasteiger partial charge in [-0.1, -0.05) is 30.3 Å². The third-order valence-electron chi connectivity index (χ3n) is 6.49. The van der Waals surface area contributed by atoms with E-state index >= 15 is 0 Å². The highest BCUT2D eigenvalue weighted by Crippen LogP contribution is 2.30. The van der Waals surface area contributed by atoms with Gasteiger partial charge in [0, 0.05) is 68.5 Å². The maximum absolute atomic E-state index is 13.3. The van der Waals surface area contributed by atoms with Crippen LogP contribution in [-0.2, 0) is 0 Å². The maximum atomic E-state index is 13.3. The van der Waals surface area contributed by atoms with E-state index < -0.39 is 0 Å². The first-order valence-electron chi connectivity index (χ1n) is 11.5. The van der Waals surface area contributed by atoms with E-state index in [0.717, 1.165) is 56.3 Å². The molecule has 6 heteroatoms. The van der Waals surface area contributed by atoms with Crippen LogP contribution in [0.4, 0.5) is 11.5 Å². The Balaban J connectivity index is 1.32. The van der Waals surface area contributed by atoms with Crippen molar-refractivity contribution in [3.63, 3.8) is 0 Å². The van der Waals surface area contributed by atoms with Gasteiger partial charge in [-0.2, -0.15) is 0 Å². The summed E-state index contributed by atoms with van der Waals surface area (Å²) in [5.74, 6) is 1.00. The molecule has 0 bridgehead atoms. The van der Waals surface area contributed by atoms with Crippen LogP contribution in [0.3, 0.4) is 0 Å². The van der Waals surface area contributed by atoms with E-state index in [1.807, 2.05) is 29.2 Å². The molecule has 0 unspecified atom stereocenters. The molecule has 164 valence electrons. The predicted octanol–water partition coefficient (Wildman–Crippen LogP) is 4.01. The van der Waals surface area contributed by atoms with Gasteiger partial charge in [0.25, 0.3) is 5.91 Å². The molecule has 0 radical (unpaired) electrons. The van der Waals surface area contributed by atoms with Crippen molar-refractivity contribution in [3.05, 3.63) is 72.1 Å². The lowest BCUT2D eigenvalue weighted by Crippen LogP contribution is -2.49. The van der Waals surface area contributed by atoms with Gasteiger partial charge in [-0.3, -0.25) is 9.78 Å². The van der Waals surface area contributed by atoms with Crippen molar-refractivity contribution in [1.82, 2.24) is 14.9 Å². The highest BCUT2D eigenvalue weighted by Gasteiger charge is 2.24. The normalized spacial score (nSPS) is 16.5. The van der Waals surface area contributed by atoms with Crippen molar-refractivity contribution in [1.29, 1.82) is 0 Å². The smallest absolute Gasteiger partial charge is 0.253 e. The minimum atomic E-state index is 0.0860. The molecule has 2 saturated heterocycles. The lowest BCUT2D eigenvalue weighted by Gasteiger charge is -2.37. The van der Waals surface area contributed by atoms with Crippen molar-refractivity contribution in [3.8, 4) is 11.3 Å². The standard InChI is InChI=1S/C26H29N5O/c1-20-7-2-3-10-23(20)29-15-17-31(18-16-29)26(32)22-9-6-8-21(19-22)24-25(28-12-11-27-24)30-13-4-5-14-30/h2-3,6-12,19H,4-5,13-18H2,1H3. The molecule has 5 rings (SSSR count). The fourth-order valence-corrected chi connectivity index (χ4v) is 4.75. The zero-order valence-corrected chi connectivity index (χ0v) is 18.6. The fraction of sp³-hybridized carbons (Fsp3) is 0.346. The van der Waals surface area contributed by atoms with Gasteiger partial charge < -0.3 is 14.7 Å². The molecule has 6 nitrogen and oxygen atoms in total. The van der Waals surface area contributed by atoms with E-state index in [2.05, 4.69) is 51.0 Å². The maximum Gasteiger partial charge on any atom is 0.253 e. The molecule has 0 atom stereocenters. The van der Waals surface area contributed by atoms with Crippen LogP contribution in [0.5, 0.6) is 0 Å². The highest BCUT2D eigenvalue weighted by atomic mass is 16.2. The molecule has 1 aromatic heterocycles. The van der Waals surface area contributed by atoms with Gasteiger partial charge in [0.2, 0.25) is 0 Å². The van der Waals surface area contributed by atoms with Crippen LogP contribution in [0.25, 0.3) is 11.3 Å². The van der Waals surface area contributed by atoms with Crippen molar-refractivity contribution >= 4 is 17.4 Å². The average Bonchev–Trinajstić information content (AvgIpc) is 3.39. The van der Waals surface area contributed by atoms with Crippen molar-refractivity contribution in [2.24, 2.45) is 0 Å². The summed E-state index contributed by atoms with van der Waals surface area (Å²) in [6.45, 7) is 7.30. The minimum Gasteiger partial charge on any atom is -0.368 e. The van der Waals surface area contributed by atoms with Crippen LogP contribution in [-0.4, -0.2) is 60.0 Å². The molecule has 2 aromatic carbocycles. The Bertz CT molecular complexity index is 1100. The number of carbonyl (C=O) groups is 1. The summed E-state index contributed by atoms with van der Waals surface area (Å²) in [5.41, 5.74) is 5.05. The van der Waals surface area contributed by atoms with Gasteiger partial charge >= 0.3 is 0 Å². The molecule has 32 heavy (non-hydrogen) atoms. The zero-order chi connectivity index (χ0) is 21.9. The summed E-state index contributed by atoms with van der Waals surface area (Å²) in [5, 5.41) is 0. The van der Waals surface area contributed by atoms with Gasteiger partial charge in [-0.25, -0.2) is 4.98 Å². The number of anilines is 2. The topological polar surface area (TPSA) is 52.6 Å². The highest BCUT2D eigenvalue weighted by molar-refractivity contribution is 5.96. The van der Waals surface area contributed by atoms with E-state index in [4.69, 9.17) is 0 Å². The number of rotatable bonds is 4. The van der Waals surface area contributed by atoms with Crippen molar-refractivity contribution in [2.75, 3.05) is 49.1 Å². The van der Waals surface area contributed by atoms with Crippen LogP contribution in [0.2, 0.25) is 0 Å². The van der Waals surface area contributed by atoms with E-state index in [1.54, 1.807) is 12.4 Å². The summed E-state index contributed by atoms with van der Waals surface area (Å²) in [6, 6.07) is 16.3. The number of benzene rings is 2. The average molecular weight is 428 g/mol. The van der Waals surface area contributed by atoms with E-state index in [-0.39, 0.29) is 5.91 Å². The molecular weight excluding hydrogens is 398 g/mol. The monoisotopic (exact) mass is 427 g/mol. The molecule has 0 N–H and O–H groups in total. The second kappa shape index (κ2) is 8.99.